The van der Waals surface area contributed by atoms with Crippen molar-refractivity contribution in [3.8, 4) is 83.6 Å². The van der Waals surface area contributed by atoms with Crippen molar-refractivity contribution in [2.45, 2.75) is 0 Å². The van der Waals surface area contributed by atoms with Crippen LogP contribution in [0.1, 0.15) is 0 Å². The van der Waals surface area contributed by atoms with Crippen molar-refractivity contribution in [1.29, 1.82) is 0 Å². The van der Waals surface area contributed by atoms with Gasteiger partial charge in [-0.3, -0.25) is 0 Å². The summed E-state index contributed by atoms with van der Waals surface area (Å²) >= 11 is 0. The molecule has 0 unspecified atom stereocenters. The van der Waals surface area contributed by atoms with E-state index in [9.17, 15) is 0 Å². The third-order valence-corrected chi connectivity index (χ3v) is 14.4. The van der Waals surface area contributed by atoms with Crippen LogP contribution in [0.3, 0.4) is 0 Å². The summed E-state index contributed by atoms with van der Waals surface area (Å²) in [4.78, 5) is 2.45. The van der Waals surface area contributed by atoms with E-state index in [0.29, 0.717) is 0 Å². The minimum absolute atomic E-state index is 1.06. The maximum Gasteiger partial charge on any atom is 0.0541 e. The predicted octanol–water partition coefficient (Wildman–Crippen LogP) is 19.9. The minimum Gasteiger partial charge on any atom is -0.310 e. The normalized spacial score (nSPS) is 11.2. The maximum atomic E-state index is 2.45. The number of fused-ring (bicyclic) bond motifs is 3. The molecule has 0 spiro atoms. The molecule has 2 heteroatoms. The number of nitrogens with zero attached hydrogens (tertiary/aromatic N) is 2. The number of para-hydroxylation sites is 3. The van der Waals surface area contributed by atoms with E-state index >= 15 is 0 Å². The van der Waals surface area contributed by atoms with Gasteiger partial charge in [0.15, 0.2) is 0 Å². The summed E-state index contributed by atoms with van der Waals surface area (Å²) in [6.07, 6.45) is 0. The van der Waals surface area contributed by atoms with E-state index in [1.807, 2.05) is 0 Å². The van der Waals surface area contributed by atoms with Gasteiger partial charge in [-0.1, -0.05) is 243 Å². The molecule has 74 heavy (non-hydrogen) atoms. The topological polar surface area (TPSA) is 8.17 Å². The first kappa shape index (κ1) is 44.2. The van der Waals surface area contributed by atoms with Crippen molar-refractivity contribution in [3.05, 3.63) is 303 Å². The van der Waals surface area contributed by atoms with Crippen LogP contribution >= 0.6 is 0 Å². The van der Waals surface area contributed by atoms with Crippen molar-refractivity contribution in [2.24, 2.45) is 0 Å². The average molecular weight is 943 g/mol. The highest BCUT2D eigenvalue weighted by Gasteiger charge is 2.23. The van der Waals surface area contributed by atoms with Crippen LogP contribution in [-0.2, 0) is 0 Å². The number of rotatable bonds is 11. The van der Waals surface area contributed by atoms with Crippen molar-refractivity contribution >= 4 is 38.9 Å². The van der Waals surface area contributed by atoms with Crippen molar-refractivity contribution < 1.29 is 0 Å². The molecule has 1 heterocycles. The van der Waals surface area contributed by atoms with Crippen molar-refractivity contribution in [2.75, 3.05) is 4.90 Å². The average Bonchev–Trinajstić information content (AvgIpc) is 3.85. The van der Waals surface area contributed by atoms with Gasteiger partial charge >= 0.3 is 0 Å². The van der Waals surface area contributed by atoms with Gasteiger partial charge in [0.25, 0.3) is 0 Å². The zero-order valence-electron chi connectivity index (χ0n) is 40.8. The lowest BCUT2D eigenvalue weighted by molar-refractivity contribution is 1.18. The molecule has 13 aromatic rings. The number of hydrogen-bond acceptors (Lipinski definition) is 1. The summed E-state index contributed by atoms with van der Waals surface area (Å²) in [7, 11) is 0. The summed E-state index contributed by atoms with van der Waals surface area (Å²) < 4.78 is 2.38. The van der Waals surface area contributed by atoms with Gasteiger partial charge in [-0.2, -0.15) is 0 Å². The van der Waals surface area contributed by atoms with Crippen LogP contribution in [0.4, 0.5) is 17.1 Å². The van der Waals surface area contributed by atoms with Gasteiger partial charge in [-0.05, 0) is 133 Å². The Morgan fingerprint density at radius 1 is 0.230 bits per heavy atom. The van der Waals surface area contributed by atoms with Gasteiger partial charge in [-0.15, -0.1) is 0 Å². The molecule has 0 radical (unpaired) electrons. The van der Waals surface area contributed by atoms with Crippen molar-refractivity contribution in [1.82, 2.24) is 4.57 Å². The smallest absolute Gasteiger partial charge is 0.0541 e. The molecule has 0 aliphatic carbocycles. The third kappa shape index (κ3) is 8.25. The lowest BCUT2D eigenvalue weighted by Crippen LogP contribution is -2.11. The molecule has 0 atom stereocenters. The first-order valence-electron chi connectivity index (χ1n) is 25.4. The summed E-state index contributed by atoms with van der Waals surface area (Å²) in [5.74, 6) is 0. The van der Waals surface area contributed by atoms with Gasteiger partial charge < -0.3 is 9.47 Å². The van der Waals surface area contributed by atoms with E-state index < -0.39 is 0 Å². The highest BCUT2D eigenvalue weighted by Crippen LogP contribution is 2.49. The van der Waals surface area contributed by atoms with Crippen LogP contribution in [0.25, 0.3) is 105 Å². The Kier molecular flexibility index (Phi) is 11.6. The largest absolute Gasteiger partial charge is 0.310 e. The quantitative estimate of drug-likeness (QED) is 0.125. The minimum atomic E-state index is 1.06. The molecular formula is C72H50N2. The first-order valence-corrected chi connectivity index (χ1v) is 25.4. The van der Waals surface area contributed by atoms with Crippen LogP contribution in [0.15, 0.2) is 303 Å². The predicted molar refractivity (Wildman–Crippen MR) is 314 cm³/mol. The summed E-state index contributed by atoms with van der Waals surface area (Å²) in [6, 6.07) is 110. The van der Waals surface area contributed by atoms with E-state index in [-0.39, 0.29) is 0 Å². The highest BCUT2D eigenvalue weighted by molar-refractivity contribution is 6.11. The van der Waals surface area contributed by atoms with E-state index in [4.69, 9.17) is 0 Å². The Hall–Kier alpha value is -9.76. The molecular weight excluding hydrogens is 893 g/mol. The summed E-state index contributed by atoms with van der Waals surface area (Å²) in [5.41, 5.74) is 23.2. The number of benzene rings is 12. The molecule has 12 aromatic carbocycles. The monoisotopic (exact) mass is 942 g/mol. The van der Waals surface area contributed by atoms with E-state index in [1.54, 1.807) is 0 Å². The highest BCUT2D eigenvalue weighted by atomic mass is 15.1. The van der Waals surface area contributed by atoms with E-state index in [1.165, 1.54) is 71.9 Å². The standard InChI is InChI=1S/C72H50N2/c1-5-21-51(22-6-1)52-39-41-53(42-40-52)54-43-46-60(47-44-54)73(61-30-19-27-57(49-61)58-45-48-71-68(50-58)65-33-16-18-38-70(65)74(71)59-28-11-4-12-29-59)69-37-17-15-32-64(69)67-36-20-35-63(56-25-9-3-10-26-56)72(67)66-34-14-13-31-62(66)55-23-7-2-8-24-55/h1-50H. The number of hydrogen-bond donors (Lipinski definition) is 0. The Bertz CT molecular complexity index is 4080. The fraction of sp³-hybridized carbons (Fsp3) is 0. The Labute approximate surface area is 433 Å². The molecule has 0 fully saturated rings. The summed E-state index contributed by atoms with van der Waals surface area (Å²) in [6.45, 7) is 0. The number of anilines is 3. The lowest BCUT2D eigenvalue weighted by atomic mass is 9.84. The van der Waals surface area contributed by atoms with Gasteiger partial charge in [0, 0.05) is 33.4 Å². The second kappa shape index (κ2) is 19.4. The molecule has 0 amide bonds. The van der Waals surface area contributed by atoms with Gasteiger partial charge in [0.05, 0.1) is 16.7 Å². The van der Waals surface area contributed by atoms with Crippen LogP contribution in [-0.4, -0.2) is 4.57 Å². The zero-order chi connectivity index (χ0) is 49.2. The van der Waals surface area contributed by atoms with E-state index in [2.05, 4.69) is 313 Å². The van der Waals surface area contributed by atoms with Crippen LogP contribution in [0, 0.1) is 0 Å². The third-order valence-electron chi connectivity index (χ3n) is 14.4. The fourth-order valence-electron chi connectivity index (χ4n) is 10.9. The van der Waals surface area contributed by atoms with Crippen molar-refractivity contribution in [3.63, 3.8) is 0 Å². The van der Waals surface area contributed by atoms with Crippen LogP contribution in [0.2, 0.25) is 0 Å². The zero-order valence-corrected chi connectivity index (χ0v) is 40.8. The Morgan fingerprint density at radius 3 is 1.36 bits per heavy atom. The van der Waals surface area contributed by atoms with Gasteiger partial charge in [0.1, 0.15) is 0 Å². The molecule has 0 saturated carbocycles. The Balaban J connectivity index is 0.990. The van der Waals surface area contributed by atoms with E-state index in [0.717, 1.165) is 50.6 Å². The molecule has 0 aliphatic rings. The Morgan fingerprint density at radius 2 is 0.676 bits per heavy atom. The molecule has 0 N–H and O–H groups in total. The molecule has 0 saturated heterocycles. The molecule has 13 rings (SSSR count). The molecule has 0 aliphatic heterocycles. The molecule has 1 aromatic heterocycles. The second-order valence-corrected chi connectivity index (χ2v) is 18.8. The fourth-order valence-corrected chi connectivity index (χ4v) is 10.9. The SMILES string of the molecule is c1ccc(-c2ccc(-c3ccc(N(c4cccc(-c5ccc6c(c5)c5ccccc5n6-c5ccccc5)c4)c4ccccc4-c4cccc(-c5ccccc5)c4-c4ccccc4-c4ccccc4)cc3)cc2)cc1. The lowest BCUT2D eigenvalue weighted by Gasteiger charge is -2.29. The van der Waals surface area contributed by atoms with Gasteiger partial charge in [-0.25, -0.2) is 0 Å². The second-order valence-electron chi connectivity index (χ2n) is 18.8. The van der Waals surface area contributed by atoms with Crippen LogP contribution < -0.4 is 4.90 Å². The first-order chi connectivity index (χ1) is 36.7. The molecule has 0 bridgehead atoms. The van der Waals surface area contributed by atoms with Gasteiger partial charge in [0.2, 0.25) is 0 Å². The number of aromatic nitrogens is 1. The maximum absolute atomic E-state index is 2.45. The summed E-state index contributed by atoms with van der Waals surface area (Å²) in [5, 5.41) is 2.46. The molecule has 2 nitrogen and oxygen atoms in total. The van der Waals surface area contributed by atoms with Crippen LogP contribution in [0.5, 0.6) is 0 Å². The molecule has 348 valence electrons.